The third-order valence-electron chi connectivity index (χ3n) is 6.03. The van der Waals surface area contributed by atoms with E-state index in [0.717, 1.165) is 22.0 Å². The number of carbonyl (C=O) groups is 2. The highest BCUT2D eigenvalue weighted by molar-refractivity contribution is 5.96. The summed E-state index contributed by atoms with van der Waals surface area (Å²) in [5.41, 5.74) is 5.86. The van der Waals surface area contributed by atoms with Crippen LogP contribution in [0.25, 0.3) is 17.0 Å². The zero-order valence-electron chi connectivity index (χ0n) is 20.7. The first-order valence-corrected chi connectivity index (χ1v) is 11.8. The average molecular weight is 500 g/mol. The molecule has 0 aliphatic carbocycles. The molecule has 8 nitrogen and oxygen atoms in total. The molecular formula is C29H29N3O5. The summed E-state index contributed by atoms with van der Waals surface area (Å²) in [6.45, 7) is 2.11. The highest BCUT2D eigenvalue weighted by atomic mass is 16.5. The molecule has 0 unspecified atom stereocenters. The van der Waals surface area contributed by atoms with Crippen molar-refractivity contribution < 1.29 is 24.3 Å². The van der Waals surface area contributed by atoms with Gasteiger partial charge in [0, 0.05) is 28.7 Å². The van der Waals surface area contributed by atoms with Crippen LogP contribution in [0.1, 0.15) is 27.0 Å². The maximum atomic E-state index is 13.1. The first kappa shape index (κ1) is 25.5. The molecular weight excluding hydrogens is 470 g/mol. The Morgan fingerprint density at radius 2 is 1.84 bits per heavy atom. The lowest BCUT2D eigenvalue weighted by atomic mass is 10.0. The van der Waals surface area contributed by atoms with Gasteiger partial charge in [-0.15, -0.1) is 0 Å². The Morgan fingerprint density at radius 3 is 2.62 bits per heavy atom. The van der Waals surface area contributed by atoms with E-state index in [0.29, 0.717) is 29.0 Å². The Bertz CT molecular complexity index is 1430. The van der Waals surface area contributed by atoms with Crippen molar-refractivity contribution in [2.45, 2.75) is 19.4 Å². The van der Waals surface area contributed by atoms with Crippen molar-refractivity contribution in [2.24, 2.45) is 0 Å². The van der Waals surface area contributed by atoms with E-state index in [1.807, 2.05) is 49.5 Å². The van der Waals surface area contributed by atoms with Gasteiger partial charge in [0.05, 0.1) is 13.2 Å². The molecule has 0 spiro atoms. The van der Waals surface area contributed by atoms with E-state index >= 15 is 0 Å². The van der Waals surface area contributed by atoms with Gasteiger partial charge in [-0.05, 0) is 60.4 Å². The highest BCUT2D eigenvalue weighted by Gasteiger charge is 2.19. The number of H-pyrrole nitrogens is 1. The summed E-state index contributed by atoms with van der Waals surface area (Å²) < 4.78 is 11.6. The van der Waals surface area contributed by atoms with Crippen LogP contribution >= 0.6 is 0 Å². The summed E-state index contributed by atoms with van der Waals surface area (Å²) in [5.74, 6) is 0.174. The summed E-state index contributed by atoms with van der Waals surface area (Å²) in [4.78, 5) is 27.7. The highest BCUT2D eigenvalue weighted by Crippen LogP contribution is 2.29. The molecule has 4 aromatic rings. The van der Waals surface area contributed by atoms with E-state index in [9.17, 15) is 9.59 Å². The van der Waals surface area contributed by atoms with E-state index in [4.69, 9.17) is 14.7 Å². The average Bonchev–Trinajstić information content (AvgIpc) is 3.33. The Labute approximate surface area is 214 Å². The summed E-state index contributed by atoms with van der Waals surface area (Å²) in [7, 11) is 1.53. The molecule has 3 aromatic carbocycles. The van der Waals surface area contributed by atoms with Gasteiger partial charge in [0.15, 0.2) is 11.5 Å². The number of aromatic amines is 1. The van der Waals surface area contributed by atoms with Gasteiger partial charge in [0.1, 0.15) is 6.61 Å². The van der Waals surface area contributed by atoms with Gasteiger partial charge < -0.3 is 19.8 Å². The van der Waals surface area contributed by atoms with Crippen molar-refractivity contribution >= 4 is 28.8 Å². The maximum Gasteiger partial charge on any atom is 0.267 e. The number of aromatic nitrogens is 1. The number of benzene rings is 3. The Kier molecular flexibility index (Phi) is 8.22. The second-order valence-corrected chi connectivity index (χ2v) is 8.58. The number of aryl methyl sites for hydroxylation is 1. The van der Waals surface area contributed by atoms with Crippen LogP contribution in [-0.4, -0.2) is 41.8 Å². The van der Waals surface area contributed by atoms with Crippen LogP contribution in [0.2, 0.25) is 0 Å². The number of ether oxygens (including phenoxy) is 2. The fourth-order valence-electron chi connectivity index (χ4n) is 4.12. The molecule has 0 fully saturated rings. The van der Waals surface area contributed by atoms with Gasteiger partial charge in [-0.25, -0.2) is 5.48 Å². The molecule has 8 heteroatoms. The Balaban J connectivity index is 1.55. The molecule has 37 heavy (non-hydrogen) atoms. The van der Waals surface area contributed by atoms with E-state index in [2.05, 4.69) is 16.4 Å². The minimum Gasteiger partial charge on any atom is -0.493 e. The summed E-state index contributed by atoms with van der Waals surface area (Å²) in [5, 5.41) is 12.9. The Hall–Kier alpha value is -4.56. The number of hydroxylamine groups is 1. The summed E-state index contributed by atoms with van der Waals surface area (Å²) in [6.07, 6.45) is 5.26. The maximum absolute atomic E-state index is 13.1. The third-order valence-corrected chi connectivity index (χ3v) is 6.03. The molecule has 0 aliphatic rings. The van der Waals surface area contributed by atoms with E-state index in [1.54, 1.807) is 35.8 Å². The van der Waals surface area contributed by atoms with Gasteiger partial charge in [-0.2, -0.15) is 0 Å². The van der Waals surface area contributed by atoms with Crippen molar-refractivity contribution in [3.63, 3.8) is 0 Å². The number of nitrogens with one attached hydrogen (secondary N) is 3. The quantitative estimate of drug-likeness (QED) is 0.147. The predicted molar refractivity (Wildman–Crippen MR) is 142 cm³/mol. The largest absolute Gasteiger partial charge is 0.493 e. The monoisotopic (exact) mass is 499 g/mol. The van der Waals surface area contributed by atoms with E-state index in [1.165, 1.54) is 13.2 Å². The number of methoxy groups -OCH3 is 1. The van der Waals surface area contributed by atoms with Crippen LogP contribution in [0.5, 0.6) is 11.5 Å². The topological polar surface area (TPSA) is 113 Å². The van der Waals surface area contributed by atoms with Crippen LogP contribution < -0.4 is 20.3 Å². The number of hydrogen-bond donors (Lipinski definition) is 4. The number of rotatable bonds is 10. The van der Waals surface area contributed by atoms with Gasteiger partial charge >= 0.3 is 0 Å². The van der Waals surface area contributed by atoms with Crippen LogP contribution in [0, 0.1) is 6.92 Å². The number of fused-ring (bicyclic) bond motifs is 1. The molecule has 4 N–H and O–H groups in total. The van der Waals surface area contributed by atoms with Crippen molar-refractivity contribution in [1.29, 1.82) is 0 Å². The van der Waals surface area contributed by atoms with Crippen molar-refractivity contribution in [3.8, 4) is 11.5 Å². The van der Waals surface area contributed by atoms with Gasteiger partial charge in [0.2, 0.25) is 0 Å². The summed E-state index contributed by atoms with van der Waals surface area (Å²) in [6, 6.07) is 20.4. The van der Waals surface area contributed by atoms with Crippen LogP contribution in [-0.2, 0) is 11.2 Å². The predicted octanol–water partition coefficient (Wildman–Crippen LogP) is 4.42. The SMILES string of the molecule is COc1cc(/C=C/C(=O)NO)ccc1OC[C@H](Cc1c[nH]c2ccccc12)NC(=O)c1ccccc1C. The first-order valence-electron chi connectivity index (χ1n) is 11.8. The standard InChI is InChI=1S/C29H29N3O5/c1-19-7-3-4-8-23(19)29(34)31-22(16-21-17-30-25-10-6-5-9-24(21)25)18-37-26-13-11-20(15-27(26)36-2)12-14-28(33)32-35/h3-15,17,22,30,35H,16,18H2,1-2H3,(H,31,34)(H,32,33)/b14-12+/t22-/m0/s1. The number of hydrogen-bond acceptors (Lipinski definition) is 5. The molecule has 1 heterocycles. The van der Waals surface area contributed by atoms with E-state index in [-0.39, 0.29) is 18.6 Å². The van der Waals surface area contributed by atoms with Crippen LogP contribution in [0.15, 0.2) is 79.0 Å². The molecule has 0 bridgehead atoms. The van der Waals surface area contributed by atoms with Gasteiger partial charge in [0.25, 0.3) is 11.8 Å². The van der Waals surface area contributed by atoms with Crippen LogP contribution in [0.4, 0.5) is 0 Å². The zero-order valence-corrected chi connectivity index (χ0v) is 20.7. The second kappa shape index (κ2) is 11.9. The second-order valence-electron chi connectivity index (χ2n) is 8.58. The van der Waals surface area contributed by atoms with Gasteiger partial charge in [-0.1, -0.05) is 42.5 Å². The summed E-state index contributed by atoms with van der Waals surface area (Å²) >= 11 is 0. The lowest BCUT2D eigenvalue weighted by molar-refractivity contribution is -0.124. The Morgan fingerprint density at radius 1 is 1.05 bits per heavy atom. The molecule has 0 aliphatic heterocycles. The molecule has 2 amide bonds. The van der Waals surface area contributed by atoms with Gasteiger partial charge in [-0.3, -0.25) is 14.8 Å². The number of para-hydroxylation sites is 1. The van der Waals surface area contributed by atoms with Crippen LogP contribution in [0.3, 0.4) is 0 Å². The molecule has 190 valence electrons. The molecule has 0 saturated heterocycles. The normalized spacial score (nSPS) is 11.9. The minimum atomic E-state index is -0.635. The fourth-order valence-corrected chi connectivity index (χ4v) is 4.12. The molecule has 4 rings (SSSR count). The lowest BCUT2D eigenvalue weighted by Crippen LogP contribution is -2.41. The van der Waals surface area contributed by atoms with Crippen molar-refractivity contribution in [2.75, 3.05) is 13.7 Å². The lowest BCUT2D eigenvalue weighted by Gasteiger charge is -2.21. The molecule has 0 saturated carbocycles. The fraction of sp³-hybridized carbons (Fsp3) is 0.172. The van der Waals surface area contributed by atoms with E-state index < -0.39 is 5.91 Å². The van der Waals surface area contributed by atoms with Crippen molar-refractivity contribution in [1.82, 2.24) is 15.8 Å². The molecule has 0 radical (unpaired) electrons. The molecule has 1 aromatic heterocycles. The third kappa shape index (κ3) is 6.36. The molecule has 1 atom stereocenters. The first-order chi connectivity index (χ1) is 18.0. The number of amides is 2. The van der Waals surface area contributed by atoms with Crippen molar-refractivity contribution in [3.05, 3.63) is 101 Å². The number of carbonyl (C=O) groups excluding carboxylic acids is 2. The zero-order chi connectivity index (χ0) is 26.2. The minimum absolute atomic E-state index is 0.166. The smallest absolute Gasteiger partial charge is 0.267 e.